The molecule has 4 saturated carbocycles. The highest BCUT2D eigenvalue weighted by atomic mass is 32.2. The maximum atomic E-state index is 14.3. The highest BCUT2D eigenvalue weighted by Crippen LogP contribution is 2.59. The molecular weight excluding hydrogens is 449 g/mol. The Balaban J connectivity index is 1.29. The molecule has 8 nitrogen and oxygen atoms in total. The van der Waals surface area contributed by atoms with Gasteiger partial charge >= 0.3 is 0 Å². The lowest BCUT2D eigenvalue weighted by Gasteiger charge is -2.59. The second-order valence-corrected chi connectivity index (χ2v) is 12.2. The Morgan fingerprint density at radius 1 is 1.21 bits per heavy atom. The average Bonchev–Trinajstić information content (AvgIpc) is 2.77. The van der Waals surface area contributed by atoms with Gasteiger partial charge in [0.1, 0.15) is 16.8 Å². The van der Waals surface area contributed by atoms with Crippen molar-refractivity contribution in [3.05, 3.63) is 29.6 Å². The molecule has 1 aromatic carbocycles. The minimum atomic E-state index is -4.10. The number of benzene rings is 1. The first-order valence-corrected chi connectivity index (χ1v) is 13.0. The van der Waals surface area contributed by atoms with Crippen LogP contribution in [-0.4, -0.2) is 56.4 Å². The first-order chi connectivity index (χ1) is 15.6. The van der Waals surface area contributed by atoms with Gasteiger partial charge in [0, 0.05) is 24.5 Å². The van der Waals surface area contributed by atoms with E-state index >= 15 is 0 Å². The normalized spacial score (nSPS) is 36.0. The SMILES string of the molecule is Cc1ccc(F)c(S(=O)(=O)N2CCOC(C(=O)NC3C4CC5CC3CC(C(N)=O)(C5)C4)C2)c1. The predicted molar refractivity (Wildman–Crippen MR) is 117 cm³/mol. The third kappa shape index (κ3) is 3.85. The molecule has 4 bridgehead atoms. The van der Waals surface area contributed by atoms with Crippen LogP contribution in [0.1, 0.15) is 37.7 Å². The van der Waals surface area contributed by atoms with Crippen LogP contribution >= 0.6 is 0 Å². The van der Waals surface area contributed by atoms with Gasteiger partial charge in [0.15, 0.2) is 0 Å². The van der Waals surface area contributed by atoms with E-state index in [0.29, 0.717) is 24.3 Å². The molecule has 0 aromatic heterocycles. The standard InChI is InChI=1S/C23H30FN3O5S/c1-13-2-3-17(24)19(6-13)33(30,31)27-4-5-32-18(12-27)21(28)26-20-15-7-14-8-16(20)11-23(9-14,10-15)22(25)29/h2-3,6,14-16,18,20H,4-5,7-12H2,1H3,(H2,25,29)(H,26,28). The van der Waals surface area contributed by atoms with Crippen molar-refractivity contribution in [1.82, 2.24) is 9.62 Å². The highest BCUT2D eigenvalue weighted by Gasteiger charge is 2.58. The van der Waals surface area contributed by atoms with E-state index in [2.05, 4.69) is 5.32 Å². The fraction of sp³-hybridized carbons (Fsp3) is 0.652. The van der Waals surface area contributed by atoms with Crippen molar-refractivity contribution in [2.45, 2.75) is 56.1 Å². The first kappa shape index (κ1) is 22.7. The Bertz CT molecular complexity index is 1080. The van der Waals surface area contributed by atoms with Gasteiger partial charge in [-0.3, -0.25) is 9.59 Å². The molecule has 5 fully saturated rings. The molecule has 10 heteroatoms. The van der Waals surface area contributed by atoms with E-state index in [-0.39, 0.29) is 54.3 Å². The summed E-state index contributed by atoms with van der Waals surface area (Å²) in [7, 11) is -4.10. The Morgan fingerprint density at radius 3 is 2.58 bits per heavy atom. The molecule has 1 saturated heterocycles. The largest absolute Gasteiger partial charge is 0.369 e. The topological polar surface area (TPSA) is 119 Å². The van der Waals surface area contributed by atoms with Crippen LogP contribution in [0.25, 0.3) is 0 Å². The lowest BCUT2D eigenvalue weighted by Crippen LogP contribution is -2.63. The van der Waals surface area contributed by atoms with Gasteiger partial charge in [-0.25, -0.2) is 12.8 Å². The number of ether oxygens (including phenoxy) is 1. The van der Waals surface area contributed by atoms with Crippen LogP contribution in [0.15, 0.2) is 23.1 Å². The number of hydrogen-bond acceptors (Lipinski definition) is 5. The lowest BCUT2D eigenvalue weighted by atomic mass is 9.47. The molecule has 3 N–H and O–H groups in total. The summed E-state index contributed by atoms with van der Waals surface area (Å²) in [4.78, 5) is 24.9. The number of nitrogens with one attached hydrogen (secondary N) is 1. The van der Waals surface area contributed by atoms with Gasteiger partial charge in [-0.1, -0.05) is 6.07 Å². The number of morpholine rings is 1. The van der Waals surface area contributed by atoms with Crippen molar-refractivity contribution in [3.63, 3.8) is 0 Å². The summed E-state index contributed by atoms with van der Waals surface area (Å²) in [6.07, 6.45) is 3.20. The van der Waals surface area contributed by atoms with E-state index in [1.54, 1.807) is 6.92 Å². The number of nitrogens with zero attached hydrogens (tertiary/aromatic N) is 1. The minimum absolute atomic E-state index is 0.0507. The van der Waals surface area contributed by atoms with Crippen LogP contribution in [-0.2, 0) is 24.3 Å². The number of halogens is 1. The van der Waals surface area contributed by atoms with Gasteiger partial charge in [0.05, 0.1) is 6.61 Å². The fourth-order valence-electron chi connectivity index (χ4n) is 6.77. The molecule has 180 valence electrons. The number of hydrogen-bond donors (Lipinski definition) is 2. The lowest BCUT2D eigenvalue weighted by molar-refractivity contribution is -0.150. The second kappa shape index (κ2) is 8.02. The van der Waals surface area contributed by atoms with Crippen molar-refractivity contribution in [3.8, 4) is 0 Å². The highest BCUT2D eigenvalue weighted by molar-refractivity contribution is 7.89. The van der Waals surface area contributed by atoms with Gasteiger partial charge in [-0.15, -0.1) is 0 Å². The van der Waals surface area contributed by atoms with Gasteiger partial charge in [0.25, 0.3) is 5.91 Å². The molecule has 1 aromatic rings. The summed E-state index contributed by atoms with van der Waals surface area (Å²) >= 11 is 0. The molecule has 3 atom stereocenters. The smallest absolute Gasteiger partial charge is 0.250 e. The van der Waals surface area contributed by atoms with E-state index in [1.165, 1.54) is 12.1 Å². The van der Waals surface area contributed by atoms with Crippen LogP contribution in [0.5, 0.6) is 0 Å². The van der Waals surface area contributed by atoms with Gasteiger partial charge in [0.2, 0.25) is 15.9 Å². The molecule has 1 heterocycles. The van der Waals surface area contributed by atoms with Crippen LogP contribution < -0.4 is 11.1 Å². The molecular formula is C23H30FN3O5S. The van der Waals surface area contributed by atoms with Crippen LogP contribution in [0.2, 0.25) is 0 Å². The van der Waals surface area contributed by atoms with Crippen molar-refractivity contribution in [2.24, 2.45) is 28.9 Å². The molecule has 33 heavy (non-hydrogen) atoms. The summed E-state index contributed by atoms with van der Waals surface area (Å²) in [6.45, 7) is 1.63. The Labute approximate surface area is 193 Å². The predicted octanol–water partition coefficient (Wildman–Crippen LogP) is 1.32. The van der Waals surface area contributed by atoms with Crippen molar-refractivity contribution >= 4 is 21.8 Å². The van der Waals surface area contributed by atoms with E-state index in [4.69, 9.17) is 10.5 Å². The molecule has 3 unspecified atom stereocenters. The number of rotatable bonds is 5. The van der Waals surface area contributed by atoms with E-state index in [9.17, 15) is 22.4 Å². The fourth-order valence-corrected chi connectivity index (χ4v) is 8.34. The Morgan fingerprint density at radius 2 is 1.91 bits per heavy atom. The zero-order chi connectivity index (χ0) is 23.5. The number of sulfonamides is 1. The number of amides is 2. The third-order valence-corrected chi connectivity index (χ3v) is 10.0. The van der Waals surface area contributed by atoms with Crippen molar-refractivity contribution in [1.29, 1.82) is 0 Å². The molecule has 0 spiro atoms. The zero-order valence-electron chi connectivity index (χ0n) is 18.6. The van der Waals surface area contributed by atoms with Crippen LogP contribution in [0.3, 0.4) is 0 Å². The van der Waals surface area contributed by atoms with Gasteiger partial charge in [-0.05, 0) is 74.5 Å². The molecule has 4 aliphatic carbocycles. The van der Waals surface area contributed by atoms with Gasteiger partial charge < -0.3 is 15.8 Å². The number of carbonyl (C=O) groups is 2. The summed E-state index contributed by atoms with van der Waals surface area (Å²) in [6, 6.07) is 3.89. The zero-order valence-corrected chi connectivity index (χ0v) is 19.4. The second-order valence-electron chi connectivity index (χ2n) is 10.3. The third-order valence-electron chi connectivity index (χ3n) is 8.13. The molecule has 6 rings (SSSR count). The summed E-state index contributed by atoms with van der Waals surface area (Å²) in [5.41, 5.74) is 5.93. The summed E-state index contributed by atoms with van der Waals surface area (Å²) in [5.74, 6) is -0.546. The number of nitrogens with two attached hydrogens (primary N) is 1. The van der Waals surface area contributed by atoms with Crippen molar-refractivity contribution < 1.29 is 27.1 Å². The van der Waals surface area contributed by atoms with Crippen LogP contribution in [0.4, 0.5) is 4.39 Å². The maximum Gasteiger partial charge on any atom is 0.250 e. The molecule has 1 aliphatic heterocycles. The summed E-state index contributed by atoms with van der Waals surface area (Å²) in [5, 5.41) is 3.11. The molecule has 0 radical (unpaired) electrons. The van der Waals surface area contributed by atoms with E-state index in [0.717, 1.165) is 29.6 Å². The molecule has 5 aliphatic rings. The quantitative estimate of drug-likeness (QED) is 0.660. The molecule has 2 amide bonds. The Hall–Kier alpha value is -2.04. The maximum absolute atomic E-state index is 14.3. The number of aryl methyl sites for hydroxylation is 1. The minimum Gasteiger partial charge on any atom is -0.369 e. The van der Waals surface area contributed by atoms with E-state index in [1.807, 2.05) is 0 Å². The summed E-state index contributed by atoms with van der Waals surface area (Å²) < 4.78 is 47.2. The van der Waals surface area contributed by atoms with Crippen LogP contribution in [0, 0.1) is 35.9 Å². The average molecular weight is 480 g/mol. The Kier molecular flexibility index (Phi) is 5.53. The number of carbonyl (C=O) groups excluding carboxylic acids is 2. The first-order valence-electron chi connectivity index (χ1n) is 11.6. The van der Waals surface area contributed by atoms with E-state index < -0.39 is 27.4 Å². The number of primary amides is 1. The van der Waals surface area contributed by atoms with Gasteiger partial charge in [-0.2, -0.15) is 4.31 Å². The van der Waals surface area contributed by atoms with Crippen molar-refractivity contribution in [2.75, 3.05) is 19.7 Å². The monoisotopic (exact) mass is 479 g/mol.